The second-order valence-corrected chi connectivity index (χ2v) is 4.18. The van der Waals surface area contributed by atoms with Gasteiger partial charge < -0.3 is 0 Å². The summed E-state index contributed by atoms with van der Waals surface area (Å²) < 4.78 is 35.2. The molecule has 0 saturated carbocycles. The minimum atomic E-state index is -4.52. The molecule has 0 unspecified atom stereocenters. The van der Waals surface area contributed by atoms with Gasteiger partial charge in [-0.3, -0.25) is 9.59 Å². The second-order valence-electron chi connectivity index (χ2n) is 4.18. The lowest BCUT2D eigenvalue weighted by Gasteiger charge is -2.15. The van der Waals surface area contributed by atoms with E-state index in [1.165, 1.54) is 0 Å². The highest BCUT2D eigenvalue weighted by Gasteiger charge is 2.33. The summed E-state index contributed by atoms with van der Waals surface area (Å²) in [6, 6.07) is 0. The first kappa shape index (κ1) is 13.1. The van der Waals surface area contributed by atoms with Gasteiger partial charge in [-0.15, -0.1) is 0 Å². The molecule has 0 fully saturated rings. The Morgan fingerprint density at radius 1 is 1.07 bits per heavy atom. The number of carbonyl (C=O) groups is 2. The lowest BCUT2D eigenvalue weighted by atomic mass is 9.87. The molecular formula is C9H13F3O2. The fraction of sp³-hybridized carbons (Fsp3) is 0.778. The Hall–Kier alpha value is -0.870. The molecule has 0 saturated heterocycles. The minimum absolute atomic E-state index is 0.466. The quantitative estimate of drug-likeness (QED) is 0.671. The van der Waals surface area contributed by atoms with Crippen LogP contribution in [0.5, 0.6) is 0 Å². The molecule has 0 N–H and O–H groups in total. The van der Waals surface area contributed by atoms with Gasteiger partial charge in [0.1, 0.15) is 18.0 Å². The molecule has 0 heterocycles. The maximum absolute atomic E-state index is 11.7. The van der Waals surface area contributed by atoms with E-state index in [1.807, 2.05) is 0 Å². The SMILES string of the molecule is CC(C)(C)C(=O)CC(=O)CC(F)(F)F. The Morgan fingerprint density at radius 2 is 1.50 bits per heavy atom. The van der Waals surface area contributed by atoms with Crippen molar-refractivity contribution >= 4 is 11.6 Å². The summed E-state index contributed by atoms with van der Waals surface area (Å²) in [7, 11) is 0. The van der Waals surface area contributed by atoms with Crippen molar-refractivity contribution in [1.29, 1.82) is 0 Å². The topological polar surface area (TPSA) is 34.1 Å². The van der Waals surface area contributed by atoms with Crippen LogP contribution in [0, 0.1) is 5.41 Å². The number of alkyl halides is 3. The van der Waals surface area contributed by atoms with Crippen molar-refractivity contribution in [3.05, 3.63) is 0 Å². The van der Waals surface area contributed by atoms with Crippen LogP contribution in [0.3, 0.4) is 0 Å². The Kier molecular flexibility index (Phi) is 3.85. The van der Waals surface area contributed by atoms with Crippen LogP contribution in [-0.4, -0.2) is 17.7 Å². The first-order chi connectivity index (χ1) is 6.02. The van der Waals surface area contributed by atoms with Crippen LogP contribution in [0.1, 0.15) is 33.6 Å². The van der Waals surface area contributed by atoms with E-state index in [9.17, 15) is 22.8 Å². The van der Waals surface area contributed by atoms with Crippen molar-refractivity contribution in [3.63, 3.8) is 0 Å². The summed E-state index contributed by atoms with van der Waals surface area (Å²) in [5.74, 6) is -1.54. The highest BCUT2D eigenvalue weighted by Crippen LogP contribution is 2.23. The first-order valence-corrected chi connectivity index (χ1v) is 4.14. The summed E-state index contributed by atoms with van der Waals surface area (Å²) in [4.78, 5) is 21.9. The smallest absolute Gasteiger partial charge is 0.299 e. The number of halogens is 3. The van der Waals surface area contributed by atoms with Crippen molar-refractivity contribution in [2.45, 2.75) is 39.8 Å². The van der Waals surface area contributed by atoms with Crippen molar-refractivity contribution in [2.24, 2.45) is 5.41 Å². The molecule has 5 heteroatoms. The summed E-state index contributed by atoms with van der Waals surface area (Å²) in [6.07, 6.45) is -6.67. The molecule has 2 nitrogen and oxygen atoms in total. The average molecular weight is 210 g/mol. The predicted octanol–water partition coefficient (Wildman–Crippen LogP) is 2.51. The normalized spacial score (nSPS) is 12.7. The molecule has 0 aliphatic rings. The maximum Gasteiger partial charge on any atom is 0.395 e. The summed E-state index contributed by atoms with van der Waals surface area (Å²) >= 11 is 0. The van der Waals surface area contributed by atoms with Gasteiger partial charge in [-0.05, 0) is 0 Å². The molecule has 0 aliphatic heterocycles. The van der Waals surface area contributed by atoms with Crippen molar-refractivity contribution in [2.75, 3.05) is 0 Å². The van der Waals surface area contributed by atoms with Crippen LogP contribution in [0.2, 0.25) is 0 Å². The van der Waals surface area contributed by atoms with Gasteiger partial charge in [-0.2, -0.15) is 13.2 Å². The maximum atomic E-state index is 11.7. The number of Topliss-reactive ketones (excluding diaryl/α,β-unsaturated/α-hetero) is 2. The van der Waals surface area contributed by atoms with E-state index >= 15 is 0 Å². The molecule has 0 aliphatic carbocycles. The van der Waals surface area contributed by atoms with E-state index < -0.39 is 36.0 Å². The van der Waals surface area contributed by atoms with Crippen LogP contribution in [-0.2, 0) is 9.59 Å². The van der Waals surface area contributed by atoms with Gasteiger partial charge in [0.25, 0.3) is 0 Å². The van der Waals surface area contributed by atoms with E-state index in [2.05, 4.69) is 0 Å². The Bertz CT molecular complexity index is 235. The van der Waals surface area contributed by atoms with Gasteiger partial charge in [0.15, 0.2) is 0 Å². The first-order valence-electron chi connectivity index (χ1n) is 4.14. The van der Waals surface area contributed by atoms with Crippen LogP contribution < -0.4 is 0 Å². The van der Waals surface area contributed by atoms with E-state index in [0.717, 1.165) is 0 Å². The molecule has 0 aromatic rings. The standard InChI is InChI=1S/C9H13F3O2/c1-8(2,3)7(14)4-6(13)5-9(10,11)12/h4-5H2,1-3H3. The van der Waals surface area contributed by atoms with Crippen LogP contribution in [0.25, 0.3) is 0 Å². The molecule has 0 atom stereocenters. The monoisotopic (exact) mass is 210 g/mol. The molecule has 0 radical (unpaired) electrons. The largest absolute Gasteiger partial charge is 0.395 e. The molecule has 82 valence electrons. The van der Waals surface area contributed by atoms with Crippen LogP contribution >= 0.6 is 0 Å². The van der Waals surface area contributed by atoms with Gasteiger partial charge in [0.05, 0.1) is 6.42 Å². The molecule has 0 spiro atoms. The van der Waals surface area contributed by atoms with E-state index in [4.69, 9.17) is 0 Å². The zero-order valence-corrected chi connectivity index (χ0v) is 8.36. The van der Waals surface area contributed by atoms with Gasteiger partial charge in [0.2, 0.25) is 0 Å². The summed E-state index contributed by atoms with van der Waals surface area (Å²) in [5.41, 5.74) is -0.763. The zero-order chi connectivity index (χ0) is 11.6. The van der Waals surface area contributed by atoms with Gasteiger partial charge >= 0.3 is 6.18 Å². The van der Waals surface area contributed by atoms with E-state index in [0.29, 0.717) is 0 Å². The fourth-order valence-corrected chi connectivity index (χ4v) is 0.730. The fourth-order valence-electron chi connectivity index (χ4n) is 0.730. The lowest BCUT2D eigenvalue weighted by molar-refractivity contribution is -0.153. The molecule has 0 bridgehead atoms. The highest BCUT2D eigenvalue weighted by atomic mass is 19.4. The number of ketones is 2. The second kappa shape index (κ2) is 4.11. The number of rotatable bonds is 3. The molecule has 14 heavy (non-hydrogen) atoms. The van der Waals surface area contributed by atoms with Crippen molar-refractivity contribution in [1.82, 2.24) is 0 Å². The third-order valence-electron chi connectivity index (χ3n) is 1.59. The number of carbonyl (C=O) groups excluding carboxylic acids is 2. The Morgan fingerprint density at radius 3 is 1.79 bits per heavy atom. The predicted molar refractivity (Wildman–Crippen MR) is 44.8 cm³/mol. The summed E-state index contributed by atoms with van der Waals surface area (Å²) in [6.45, 7) is 4.70. The number of hydrogen-bond acceptors (Lipinski definition) is 2. The third kappa shape index (κ3) is 5.72. The highest BCUT2D eigenvalue weighted by molar-refractivity contribution is 6.01. The van der Waals surface area contributed by atoms with Gasteiger partial charge in [-0.1, -0.05) is 20.8 Å². The molecule has 0 rings (SSSR count). The van der Waals surface area contributed by atoms with Crippen LogP contribution in [0.15, 0.2) is 0 Å². The third-order valence-corrected chi connectivity index (χ3v) is 1.59. The van der Waals surface area contributed by atoms with Crippen molar-refractivity contribution in [3.8, 4) is 0 Å². The van der Waals surface area contributed by atoms with Gasteiger partial charge in [-0.25, -0.2) is 0 Å². The molecular weight excluding hydrogens is 197 g/mol. The zero-order valence-electron chi connectivity index (χ0n) is 8.36. The Balaban J connectivity index is 4.16. The molecule has 0 amide bonds. The Labute approximate surface area is 80.5 Å². The lowest BCUT2D eigenvalue weighted by Crippen LogP contribution is -2.25. The molecule has 0 aromatic heterocycles. The van der Waals surface area contributed by atoms with Crippen LogP contribution in [0.4, 0.5) is 13.2 Å². The van der Waals surface area contributed by atoms with E-state index in [-0.39, 0.29) is 0 Å². The molecule has 0 aromatic carbocycles. The minimum Gasteiger partial charge on any atom is -0.299 e. The van der Waals surface area contributed by atoms with Gasteiger partial charge in [0, 0.05) is 5.41 Å². The average Bonchev–Trinajstić information content (AvgIpc) is 1.79. The number of hydrogen-bond donors (Lipinski definition) is 0. The summed E-state index contributed by atoms with van der Waals surface area (Å²) in [5, 5.41) is 0. The van der Waals surface area contributed by atoms with Crippen molar-refractivity contribution < 1.29 is 22.8 Å². The van der Waals surface area contributed by atoms with E-state index in [1.54, 1.807) is 20.8 Å².